The lowest BCUT2D eigenvalue weighted by Gasteiger charge is -2.65. The summed E-state index contributed by atoms with van der Waals surface area (Å²) < 4.78 is 18.9. The van der Waals surface area contributed by atoms with Gasteiger partial charge in [-0.1, -0.05) is 58.9 Å². The van der Waals surface area contributed by atoms with Crippen molar-refractivity contribution >= 4 is 0 Å². The fourth-order valence-corrected chi connectivity index (χ4v) is 11.5. The number of hydrogen-bond donors (Lipinski definition) is 6. The van der Waals surface area contributed by atoms with Crippen molar-refractivity contribution in [3.05, 3.63) is 24.3 Å². The van der Waals surface area contributed by atoms with E-state index in [1.54, 1.807) is 0 Å². The summed E-state index contributed by atoms with van der Waals surface area (Å²) in [5.41, 5.74) is -2.52. The summed E-state index contributed by atoms with van der Waals surface area (Å²) in [6.07, 6.45) is 7.14. The molecule has 0 unspecified atom stereocenters. The highest BCUT2D eigenvalue weighted by molar-refractivity contribution is 5.34. The molecular weight excluding hydrogens is 576 g/mol. The molecule has 2 bridgehead atoms. The predicted molar refractivity (Wildman–Crippen MR) is 167 cm³/mol. The molecule has 0 radical (unpaired) electrons. The fraction of sp³-hybridized carbons (Fsp3) is 0.889. The lowest BCUT2D eigenvalue weighted by Crippen LogP contribution is -2.66. The fourth-order valence-electron chi connectivity index (χ4n) is 11.5. The van der Waals surface area contributed by atoms with E-state index in [-0.39, 0.29) is 22.7 Å². The molecule has 0 amide bonds. The maximum absolute atomic E-state index is 12.0. The number of aliphatic hydroxyl groups is 6. The van der Waals surface area contributed by atoms with Crippen LogP contribution in [0.25, 0.3) is 0 Å². The van der Waals surface area contributed by atoms with Gasteiger partial charge in [-0.25, -0.2) is 0 Å². The number of ether oxygens (including phenoxy) is 3. The minimum atomic E-state index is -1.51. The van der Waals surface area contributed by atoms with Gasteiger partial charge in [0.25, 0.3) is 0 Å². The van der Waals surface area contributed by atoms with E-state index >= 15 is 0 Å². The Morgan fingerprint density at radius 1 is 0.956 bits per heavy atom. The molecule has 0 aromatic heterocycles. The van der Waals surface area contributed by atoms with Crippen molar-refractivity contribution in [1.29, 1.82) is 0 Å². The lowest BCUT2D eigenvalue weighted by molar-refractivity contribution is -0.330. The topological polar surface area (TPSA) is 149 Å². The Bertz CT molecular complexity index is 1180. The summed E-state index contributed by atoms with van der Waals surface area (Å²) >= 11 is 0. The van der Waals surface area contributed by atoms with Crippen LogP contribution in [-0.4, -0.2) is 91.5 Å². The molecule has 0 aromatic carbocycles. The molecule has 9 nitrogen and oxygen atoms in total. The zero-order valence-electron chi connectivity index (χ0n) is 28.2. The summed E-state index contributed by atoms with van der Waals surface area (Å²) in [6.45, 7) is 14.6. The number of aliphatic hydroxyl groups excluding tert-OH is 5. The molecule has 1 spiro atoms. The smallest absolute Gasteiger partial charge is 0.186 e. The molecule has 256 valence electrons. The molecule has 3 saturated carbocycles. The van der Waals surface area contributed by atoms with Gasteiger partial charge in [-0.2, -0.15) is 0 Å². The van der Waals surface area contributed by atoms with E-state index in [9.17, 15) is 30.6 Å². The minimum Gasteiger partial charge on any atom is -0.394 e. The Labute approximate surface area is 268 Å². The first-order valence-electron chi connectivity index (χ1n) is 17.3. The van der Waals surface area contributed by atoms with Gasteiger partial charge in [0.15, 0.2) is 12.6 Å². The van der Waals surface area contributed by atoms with Gasteiger partial charge in [0, 0.05) is 16.7 Å². The Hall–Kier alpha value is -0.880. The second kappa shape index (κ2) is 11.1. The monoisotopic (exact) mass is 634 g/mol. The van der Waals surface area contributed by atoms with Crippen LogP contribution in [0.5, 0.6) is 0 Å². The van der Waals surface area contributed by atoms with Gasteiger partial charge in [0.2, 0.25) is 0 Å². The largest absolute Gasteiger partial charge is 0.394 e. The van der Waals surface area contributed by atoms with Crippen LogP contribution < -0.4 is 0 Å². The van der Waals surface area contributed by atoms with Crippen LogP contribution in [0.3, 0.4) is 0 Å². The van der Waals surface area contributed by atoms with Crippen LogP contribution in [-0.2, 0) is 14.2 Å². The van der Waals surface area contributed by atoms with Crippen molar-refractivity contribution in [3.8, 4) is 0 Å². The second-order valence-corrected chi connectivity index (χ2v) is 17.1. The maximum atomic E-state index is 12.0. The molecule has 6 rings (SSSR count). The molecule has 0 aromatic rings. The molecule has 2 aliphatic heterocycles. The third kappa shape index (κ3) is 4.66. The normalized spacial score (nSPS) is 52.8. The van der Waals surface area contributed by atoms with Crippen molar-refractivity contribution in [2.24, 2.45) is 45.3 Å². The summed E-state index contributed by atoms with van der Waals surface area (Å²) in [5, 5.41) is 63.2. The van der Waals surface area contributed by atoms with Crippen LogP contribution >= 0.6 is 0 Å². The van der Waals surface area contributed by atoms with Gasteiger partial charge < -0.3 is 44.8 Å². The van der Waals surface area contributed by atoms with Crippen LogP contribution in [0.15, 0.2) is 24.3 Å². The SMILES string of the molecule is C[C@H](C/C=C/C(C)(C)O)[C@H]1CC[C@@]2(C)[C@@H]3C=C[C@@]45O[C@H](O)[C@]3(CC[C@]12C)[C@@H]4CC[C@H](O[C@@H]1O[C@H](CO)[C@@H](O)[C@H](O)[C@H]1O)C5(C)C. The summed E-state index contributed by atoms with van der Waals surface area (Å²) in [4.78, 5) is 0. The van der Waals surface area contributed by atoms with E-state index in [2.05, 4.69) is 52.8 Å². The molecule has 9 heteroatoms. The van der Waals surface area contributed by atoms with E-state index in [4.69, 9.17) is 14.2 Å². The van der Waals surface area contributed by atoms with E-state index < -0.39 is 71.7 Å². The third-order valence-corrected chi connectivity index (χ3v) is 14.3. The molecule has 2 saturated heterocycles. The molecular formula is C36H58O9. The zero-order chi connectivity index (χ0) is 33.0. The average Bonchev–Trinajstić information content (AvgIpc) is 3.32. The standard InChI is InChI=1S/C36H58O9/c1-20(9-8-14-31(2,3)42)21-12-15-34(7)23-13-16-36-24(35(23,30(41)45-36)18-17-33(21,34)6)10-11-25(32(36,4)5)44-29-28(40)27(39)26(38)22(19-37)43-29/h8,13-14,16,20-30,37-42H,9-12,15,17-19H2,1-7H3/b14-8+/t20-,21-,22-,23+,24+,25+,26-,27+,28-,29+,30+,33-,34+,35+,36-/m1/s1. The Morgan fingerprint density at radius 2 is 1.67 bits per heavy atom. The van der Waals surface area contributed by atoms with Crippen molar-refractivity contribution < 1.29 is 44.8 Å². The highest BCUT2D eigenvalue weighted by atomic mass is 16.7. The Balaban J connectivity index is 1.28. The van der Waals surface area contributed by atoms with Crippen molar-refractivity contribution in [1.82, 2.24) is 0 Å². The highest BCUT2D eigenvalue weighted by Crippen LogP contribution is 2.78. The van der Waals surface area contributed by atoms with Gasteiger partial charge in [-0.05, 0) is 87.4 Å². The zero-order valence-corrected chi connectivity index (χ0v) is 28.2. The first-order valence-corrected chi connectivity index (χ1v) is 17.3. The molecule has 5 fully saturated rings. The van der Waals surface area contributed by atoms with Gasteiger partial charge in [0.1, 0.15) is 30.0 Å². The van der Waals surface area contributed by atoms with E-state index in [0.29, 0.717) is 18.3 Å². The first kappa shape index (κ1) is 34.0. The summed E-state index contributed by atoms with van der Waals surface area (Å²) in [7, 11) is 0. The minimum absolute atomic E-state index is 0.00466. The van der Waals surface area contributed by atoms with Crippen molar-refractivity contribution in [2.75, 3.05) is 6.61 Å². The van der Waals surface area contributed by atoms with Crippen LogP contribution in [0.1, 0.15) is 93.4 Å². The van der Waals surface area contributed by atoms with Crippen LogP contribution in [0, 0.1) is 45.3 Å². The number of hydrogen-bond acceptors (Lipinski definition) is 9. The quantitative estimate of drug-likeness (QED) is 0.232. The van der Waals surface area contributed by atoms with Crippen LogP contribution in [0.4, 0.5) is 0 Å². The van der Waals surface area contributed by atoms with Gasteiger partial charge >= 0.3 is 0 Å². The summed E-state index contributed by atoms with van der Waals surface area (Å²) in [5.74, 6) is 1.29. The van der Waals surface area contributed by atoms with Gasteiger partial charge in [-0.15, -0.1) is 0 Å². The number of fused-ring (bicyclic) bond motifs is 2. The third-order valence-electron chi connectivity index (χ3n) is 14.3. The molecule has 6 N–H and O–H groups in total. The molecule has 2 heterocycles. The van der Waals surface area contributed by atoms with Gasteiger partial charge in [-0.3, -0.25) is 0 Å². The maximum Gasteiger partial charge on any atom is 0.186 e. The lowest BCUT2D eigenvalue weighted by atomic mass is 9.38. The van der Waals surface area contributed by atoms with E-state index in [1.165, 1.54) is 0 Å². The summed E-state index contributed by atoms with van der Waals surface area (Å²) in [6, 6.07) is 0. The van der Waals surface area contributed by atoms with Crippen molar-refractivity contribution in [3.63, 3.8) is 0 Å². The molecule has 45 heavy (non-hydrogen) atoms. The number of rotatable bonds is 7. The average molecular weight is 635 g/mol. The molecule has 15 atom stereocenters. The molecule has 4 aliphatic carbocycles. The van der Waals surface area contributed by atoms with E-state index in [0.717, 1.165) is 38.5 Å². The van der Waals surface area contributed by atoms with E-state index in [1.807, 2.05) is 19.9 Å². The van der Waals surface area contributed by atoms with Gasteiger partial charge in [0.05, 0.1) is 18.3 Å². The first-order chi connectivity index (χ1) is 20.9. The highest BCUT2D eigenvalue weighted by Gasteiger charge is 2.78. The molecule has 6 aliphatic rings. The van der Waals surface area contributed by atoms with Crippen LogP contribution in [0.2, 0.25) is 0 Å². The Kier molecular flexibility index (Phi) is 8.37. The number of allylic oxidation sites excluding steroid dienone is 2. The second-order valence-electron chi connectivity index (χ2n) is 17.1. The predicted octanol–water partition coefficient (Wildman–Crippen LogP) is 3.44. The van der Waals surface area contributed by atoms with Crippen molar-refractivity contribution in [2.45, 2.75) is 148 Å². The Morgan fingerprint density at radius 3 is 2.33 bits per heavy atom.